The predicted molar refractivity (Wildman–Crippen MR) is 75.5 cm³/mol. The van der Waals surface area contributed by atoms with Gasteiger partial charge >= 0.3 is 0 Å². The molecule has 1 atom stereocenters. The molecule has 0 aliphatic rings. The van der Waals surface area contributed by atoms with Crippen molar-refractivity contribution in [2.45, 2.75) is 18.6 Å². The first kappa shape index (κ1) is 14.5. The summed E-state index contributed by atoms with van der Waals surface area (Å²) in [6.07, 6.45) is 3.13. The third-order valence-corrected chi connectivity index (χ3v) is 3.41. The topological polar surface area (TPSA) is 66.2 Å². The number of para-hydroxylation sites is 2. The number of hydrogen-bond acceptors (Lipinski definition) is 5. The van der Waals surface area contributed by atoms with E-state index in [0.717, 1.165) is 5.75 Å². The summed E-state index contributed by atoms with van der Waals surface area (Å²) in [6, 6.07) is 7.51. The average Bonchev–Trinajstić information content (AvgIpc) is 2.90. The van der Waals surface area contributed by atoms with E-state index in [1.54, 1.807) is 17.2 Å². The zero-order valence-electron chi connectivity index (χ0n) is 11.5. The van der Waals surface area contributed by atoms with Gasteiger partial charge in [0.1, 0.15) is 12.9 Å². The van der Waals surface area contributed by atoms with Crippen molar-refractivity contribution in [2.75, 3.05) is 19.5 Å². The first-order valence-electron chi connectivity index (χ1n) is 6.28. The van der Waals surface area contributed by atoms with Gasteiger partial charge in [-0.15, -0.1) is 10.2 Å². The largest absolute Gasteiger partial charge is 0.490 e. The number of aromatic nitrogens is 3. The molecule has 0 aliphatic heterocycles. The zero-order valence-corrected chi connectivity index (χ0v) is 12.3. The molecular formula is C13H17N3O3S. The van der Waals surface area contributed by atoms with Crippen molar-refractivity contribution < 1.29 is 13.7 Å². The van der Waals surface area contributed by atoms with Crippen LogP contribution < -0.4 is 9.47 Å². The maximum atomic E-state index is 11.4. The number of rotatable bonds is 7. The van der Waals surface area contributed by atoms with Gasteiger partial charge in [0.15, 0.2) is 11.5 Å². The fourth-order valence-corrected chi connectivity index (χ4v) is 2.35. The Hall–Kier alpha value is -1.89. The lowest BCUT2D eigenvalue weighted by atomic mass is 10.3. The molecule has 1 aromatic heterocycles. The highest BCUT2D eigenvalue weighted by molar-refractivity contribution is 7.84. The molecule has 0 amide bonds. The lowest BCUT2D eigenvalue weighted by Crippen LogP contribution is -2.11. The monoisotopic (exact) mass is 295 g/mol. The molecule has 108 valence electrons. The zero-order chi connectivity index (χ0) is 14.4. The Morgan fingerprint density at radius 1 is 1.25 bits per heavy atom. The van der Waals surface area contributed by atoms with Crippen LogP contribution in [0.1, 0.15) is 6.92 Å². The van der Waals surface area contributed by atoms with Crippen LogP contribution in [0.25, 0.3) is 0 Å². The van der Waals surface area contributed by atoms with Gasteiger partial charge in [-0.2, -0.15) is 0 Å². The molecule has 0 radical (unpaired) electrons. The van der Waals surface area contributed by atoms with Crippen LogP contribution >= 0.6 is 0 Å². The van der Waals surface area contributed by atoms with Gasteiger partial charge < -0.3 is 14.0 Å². The van der Waals surface area contributed by atoms with Crippen molar-refractivity contribution >= 4 is 10.8 Å². The molecule has 6 nitrogen and oxygen atoms in total. The lowest BCUT2D eigenvalue weighted by molar-refractivity contribution is 0.263. The van der Waals surface area contributed by atoms with E-state index in [4.69, 9.17) is 9.47 Å². The molecule has 1 heterocycles. The van der Waals surface area contributed by atoms with Crippen LogP contribution in [0.4, 0.5) is 0 Å². The summed E-state index contributed by atoms with van der Waals surface area (Å²) in [7, 11) is -1.16. The summed E-state index contributed by atoms with van der Waals surface area (Å²) in [5.74, 6) is 1.42. The SMILES string of the molecule is CCOc1ccccc1OCCn1cnnc1[S@@](C)=O. The van der Waals surface area contributed by atoms with E-state index < -0.39 is 10.8 Å². The third-order valence-electron chi connectivity index (χ3n) is 2.58. The van der Waals surface area contributed by atoms with Crippen molar-refractivity contribution in [3.63, 3.8) is 0 Å². The molecule has 0 N–H and O–H groups in total. The Labute approximate surface area is 120 Å². The number of benzene rings is 1. The molecule has 0 aliphatic carbocycles. The van der Waals surface area contributed by atoms with Crippen molar-refractivity contribution in [2.24, 2.45) is 0 Å². The van der Waals surface area contributed by atoms with Crippen molar-refractivity contribution in [3.8, 4) is 11.5 Å². The van der Waals surface area contributed by atoms with Crippen molar-refractivity contribution in [1.82, 2.24) is 14.8 Å². The van der Waals surface area contributed by atoms with Crippen molar-refractivity contribution in [1.29, 1.82) is 0 Å². The maximum absolute atomic E-state index is 11.4. The minimum atomic E-state index is -1.16. The first-order valence-corrected chi connectivity index (χ1v) is 7.84. The van der Waals surface area contributed by atoms with Gasteiger partial charge in [-0.3, -0.25) is 4.21 Å². The average molecular weight is 295 g/mol. The molecule has 0 unspecified atom stereocenters. The summed E-state index contributed by atoms with van der Waals surface area (Å²) in [5.41, 5.74) is 0. The molecule has 0 saturated carbocycles. The Morgan fingerprint density at radius 3 is 2.60 bits per heavy atom. The molecule has 0 bridgehead atoms. The van der Waals surface area contributed by atoms with Gasteiger partial charge in [0, 0.05) is 6.26 Å². The molecule has 20 heavy (non-hydrogen) atoms. The fraction of sp³-hybridized carbons (Fsp3) is 0.385. The van der Waals surface area contributed by atoms with Crippen LogP contribution in [0.2, 0.25) is 0 Å². The minimum Gasteiger partial charge on any atom is -0.490 e. The molecule has 7 heteroatoms. The second kappa shape index (κ2) is 7.04. The molecule has 0 fully saturated rings. The Bertz CT molecular complexity index is 586. The van der Waals surface area contributed by atoms with E-state index in [1.165, 1.54) is 0 Å². The molecule has 0 spiro atoms. The van der Waals surface area contributed by atoms with E-state index in [-0.39, 0.29) is 0 Å². The quantitative estimate of drug-likeness (QED) is 0.774. The smallest absolute Gasteiger partial charge is 0.221 e. The second-order valence-electron chi connectivity index (χ2n) is 3.99. The summed E-state index contributed by atoms with van der Waals surface area (Å²) in [5, 5.41) is 8.03. The van der Waals surface area contributed by atoms with Gasteiger partial charge in [-0.25, -0.2) is 0 Å². The summed E-state index contributed by atoms with van der Waals surface area (Å²) in [4.78, 5) is 0. The van der Waals surface area contributed by atoms with E-state index in [1.807, 2.05) is 31.2 Å². The highest BCUT2D eigenvalue weighted by atomic mass is 32.2. The van der Waals surface area contributed by atoms with Crippen LogP contribution in [0.3, 0.4) is 0 Å². The first-order chi connectivity index (χ1) is 9.72. The van der Waals surface area contributed by atoms with Gasteiger partial charge in [-0.05, 0) is 19.1 Å². The lowest BCUT2D eigenvalue weighted by Gasteiger charge is -2.12. The highest BCUT2D eigenvalue weighted by Crippen LogP contribution is 2.26. The molecule has 2 rings (SSSR count). The fourth-order valence-electron chi connectivity index (χ4n) is 1.72. The number of hydrogen-bond donors (Lipinski definition) is 0. The minimum absolute atomic E-state index is 0.423. The van der Waals surface area contributed by atoms with E-state index in [9.17, 15) is 4.21 Å². The normalized spacial score (nSPS) is 12.1. The van der Waals surface area contributed by atoms with Gasteiger partial charge in [-0.1, -0.05) is 12.1 Å². The molecule has 2 aromatic rings. The van der Waals surface area contributed by atoms with Crippen LogP contribution in [-0.2, 0) is 17.3 Å². The summed E-state index contributed by atoms with van der Waals surface area (Å²) in [6.45, 7) is 3.47. The maximum Gasteiger partial charge on any atom is 0.221 e. The van der Waals surface area contributed by atoms with E-state index in [2.05, 4.69) is 10.2 Å². The van der Waals surface area contributed by atoms with Gasteiger partial charge in [0.2, 0.25) is 5.16 Å². The predicted octanol–water partition coefficient (Wildman–Crippen LogP) is 1.49. The van der Waals surface area contributed by atoms with E-state index in [0.29, 0.717) is 30.7 Å². The molecule has 1 aromatic carbocycles. The summed E-state index contributed by atoms with van der Waals surface area (Å²) >= 11 is 0. The Balaban J connectivity index is 1.96. The highest BCUT2D eigenvalue weighted by Gasteiger charge is 2.08. The number of ether oxygens (including phenoxy) is 2. The molecule has 0 saturated heterocycles. The van der Waals surface area contributed by atoms with Crippen LogP contribution in [-0.4, -0.2) is 38.4 Å². The standard InChI is InChI=1S/C13H17N3O3S/c1-3-18-11-6-4-5-7-12(11)19-9-8-16-10-14-15-13(16)20(2)17/h4-7,10H,3,8-9H2,1-2H3/t20-/m1/s1. The Morgan fingerprint density at radius 2 is 1.95 bits per heavy atom. The van der Waals surface area contributed by atoms with Crippen LogP contribution in [0.15, 0.2) is 35.7 Å². The van der Waals surface area contributed by atoms with Crippen LogP contribution in [0, 0.1) is 0 Å². The third kappa shape index (κ3) is 3.57. The second-order valence-corrected chi connectivity index (χ2v) is 5.26. The van der Waals surface area contributed by atoms with Crippen LogP contribution in [0.5, 0.6) is 11.5 Å². The van der Waals surface area contributed by atoms with Gasteiger partial charge in [0.05, 0.1) is 24.0 Å². The van der Waals surface area contributed by atoms with Crippen molar-refractivity contribution in [3.05, 3.63) is 30.6 Å². The van der Waals surface area contributed by atoms with Gasteiger partial charge in [0.25, 0.3) is 0 Å². The van der Waals surface area contributed by atoms with E-state index >= 15 is 0 Å². The number of nitrogens with zero attached hydrogens (tertiary/aromatic N) is 3. The summed E-state index contributed by atoms with van der Waals surface area (Å²) < 4.78 is 24.3. The molecular weight excluding hydrogens is 278 g/mol. The Kier molecular flexibility index (Phi) is 5.11.